The molecule has 12 nitrogen and oxygen atoms in total. The second-order valence-corrected chi connectivity index (χ2v) is 17.8. The van der Waals surface area contributed by atoms with Crippen LogP contribution in [0.1, 0.15) is 188 Å². The van der Waals surface area contributed by atoms with Crippen molar-refractivity contribution in [2.24, 2.45) is 0 Å². The molecule has 0 aliphatic carbocycles. The number of ether oxygens (including phenoxy) is 5. The van der Waals surface area contributed by atoms with E-state index >= 15 is 0 Å². The monoisotopic (exact) mass is 993 g/mol. The molecule has 0 amide bonds. The Kier molecular flexibility index (Phi) is 42.1. The SMILES string of the molecule is CC/C=C\C/C=C\C/C=C\C/C=C\C/C=C\CCCCCC(=O)OCC(COC1OC(C(=O)O)C(O)C(O)C1OC(=O)CCCCCCCCCCC)OC(=O)CC/C=C\C/C=C\C/C=C\C/C=C\CC. The van der Waals surface area contributed by atoms with Gasteiger partial charge in [-0.25, -0.2) is 4.79 Å². The van der Waals surface area contributed by atoms with Gasteiger partial charge in [-0.15, -0.1) is 0 Å². The van der Waals surface area contributed by atoms with Gasteiger partial charge in [0.2, 0.25) is 0 Å². The van der Waals surface area contributed by atoms with Crippen LogP contribution in [0.4, 0.5) is 0 Å². The number of aliphatic carboxylic acids is 1. The Labute approximate surface area is 427 Å². The molecule has 0 aromatic heterocycles. The van der Waals surface area contributed by atoms with Gasteiger partial charge in [0.05, 0.1) is 6.61 Å². The van der Waals surface area contributed by atoms with E-state index in [9.17, 15) is 34.5 Å². The number of carbonyl (C=O) groups excluding carboxylic acids is 3. The topological polar surface area (TPSA) is 175 Å². The number of hydrogen-bond donors (Lipinski definition) is 3. The highest BCUT2D eigenvalue weighted by atomic mass is 16.7. The Morgan fingerprint density at radius 2 is 0.915 bits per heavy atom. The van der Waals surface area contributed by atoms with Gasteiger partial charge >= 0.3 is 23.9 Å². The molecule has 1 fully saturated rings. The first-order chi connectivity index (χ1) is 34.6. The fraction of sp³-hybridized carbons (Fsp3) is 0.627. The van der Waals surface area contributed by atoms with Crippen molar-refractivity contribution in [2.45, 2.75) is 225 Å². The predicted octanol–water partition coefficient (Wildman–Crippen LogP) is 13.1. The summed E-state index contributed by atoms with van der Waals surface area (Å²) in [5, 5.41) is 31.3. The van der Waals surface area contributed by atoms with E-state index in [-0.39, 0.29) is 25.9 Å². The number of allylic oxidation sites excluding steroid dienone is 18. The molecule has 1 heterocycles. The second kappa shape index (κ2) is 46.5. The highest BCUT2D eigenvalue weighted by molar-refractivity contribution is 5.74. The van der Waals surface area contributed by atoms with E-state index in [4.69, 9.17) is 23.7 Å². The molecular weight excluding hydrogens is 901 g/mol. The van der Waals surface area contributed by atoms with E-state index in [1.807, 2.05) is 12.2 Å². The lowest BCUT2D eigenvalue weighted by molar-refractivity contribution is -0.301. The molecule has 6 unspecified atom stereocenters. The quantitative estimate of drug-likeness (QED) is 0.0229. The van der Waals surface area contributed by atoms with E-state index in [2.05, 4.69) is 118 Å². The third kappa shape index (κ3) is 36.9. The Bertz CT molecular complexity index is 1650. The van der Waals surface area contributed by atoms with Crippen molar-refractivity contribution in [1.29, 1.82) is 0 Å². The van der Waals surface area contributed by atoms with Gasteiger partial charge in [0.15, 0.2) is 24.6 Å². The van der Waals surface area contributed by atoms with Crippen LogP contribution >= 0.6 is 0 Å². The number of esters is 3. The maximum Gasteiger partial charge on any atom is 0.335 e. The van der Waals surface area contributed by atoms with Crippen LogP contribution in [0.3, 0.4) is 0 Å². The van der Waals surface area contributed by atoms with Crippen molar-refractivity contribution in [3.05, 3.63) is 109 Å². The molecule has 0 saturated carbocycles. The van der Waals surface area contributed by atoms with Crippen LogP contribution in [-0.2, 0) is 42.9 Å². The summed E-state index contributed by atoms with van der Waals surface area (Å²) in [6.45, 7) is 5.60. The van der Waals surface area contributed by atoms with Gasteiger partial charge in [-0.2, -0.15) is 0 Å². The third-order valence-corrected chi connectivity index (χ3v) is 11.4. The van der Waals surface area contributed by atoms with Crippen molar-refractivity contribution in [3.63, 3.8) is 0 Å². The molecule has 1 saturated heterocycles. The summed E-state index contributed by atoms with van der Waals surface area (Å²) >= 11 is 0. The standard InChI is InChI=1S/C59H92O12/c1-4-7-10-13-16-19-21-23-24-25-26-27-28-30-31-34-36-39-42-45-51(60)67-48-50(69-52(61)46-43-40-38-35-32-29-22-20-17-14-11-8-5-2)49-68-59-57(55(64)54(63)56(71-59)58(65)66)70-53(62)47-44-41-37-33-18-15-12-9-6-3/h7-8,10-11,16-17,19-20,23-24,26-27,29-32,38,40,50,54-57,59,63-64H,4-6,9,12-15,18,21-22,25,28,33-37,39,41-49H2,1-3H3,(H,65,66)/b10-7-,11-8-,19-16-,20-17-,24-23-,27-26-,31-30-,32-29-,40-38-. The van der Waals surface area contributed by atoms with Gasteiger partial charge in [-0.05, 0) is 89.9 Å². The Balaban J connectivity index is 2.76. The fourth-order valence-corrected chi connectivity index (χ4v) is 7.29. The van der Waals surface area contributed by atoms with Crippen molar-refractivity contribution >= 4 is 23.9 Å². The summed E-state index contributed by atoms with van der Waals surface area (Å²) in [6, 6.07) is 0. The van der Waals surface area contributed by atoms with Crippen molar-refractivity contribution in [1.82, 2.24) is 0 Å². The normalized spacial score (nSPS) is 19.4. The molecular formula is C59H92O12. The molecule has 1 aliphatic rings. The first kappa shape index (κ1) is 64.4. The molecule has 1 rings (SSSR count). The van der Waals surface area contributed by atoms with Crippen molar-refractivity contribution in [3.8, 4) is 0 Å². The minimum absolute atomic E-state index is 0.0293. The summed E-state index contributed by atoms with van der Waals surface area (Å²) in [6.07, 6.45) is 49.6. The van der Waals surface area contributed by atoms with Gasteiger partial charge in [-0.1, -0.05) is 188 Å². The lowest BCUT2D eigenvalue weighted by Crippen LogP contribution is -2.61. The molecule has 400 valence electrons. The van der Waals surface area contributed by atoms with E-state index in [0.29, 0.717) is 25.7 Å². The zero-order valence-corrected chi connectivity index (χ0v) is 43.7. The van der Waals surface area contributed by atoms with Crippen LogP contribution in [0, 0.1) is 0 Å². The zero-order chi connectivity index (χ0) is 51.8. The van der Waals surface area contributed by atoms with E-state index in [0.717, 1.165) is 96.3 Å². The number of carbonyl (C=O) groups is 4. The number of unbranched alkanes of at least 4 members (excludes halogenated alkanes) is 11. The molecule has 0 aromatic rings. The number of aliphatic hydroxyl groups excluding tert-OH is 2. The number of hydrogen-bond acceptors (Lipinski definition) is 11. The lowest BCUT2D eigenvalue weighted by atomic mass is 9.98. The minimum atomic E-state index is -1.92. The van der Waals surface area contributed by atoms with Gasteiger partial charge in [0.1, 0.15) is 18.8 Å². The Hall–Kier alpha value is -4.62. The summed E-state index contributed by atoms with van der Waals surface area (Å²) in [5.74, 6) is -3.29. The summed E-state index contributed by atoms with van der Waals surface area (Å²) in [5.41, 5.74) is 0. The first-order valence-electron chi connectivity index (χ1n) is 26.9. The van der Waals surface area contributed by atoms with Crippen molar-refractivity contribution < 1.29 is 58.2 Å². The van der Waals surface area contributed by atoms with Crippen LogP contribution < -0.4 is 0 Å². The number of aliphatic hydroxyl groups is 2. The molecule has 1 aliphatic heterocycles. The van der Waals surface area contributed by atoms with Crippen LogP contribution in [0.15, 0.2) is 109 Å². The summed E-state index contributed by atoms with van der Waals surface area (Å²) in [4.78, 5) is 50.8. The van der Waals surface area contributed by atoms with E-state index < -0.39 is 67.3 Å². The van der Waals surface area contributed by atoms with Crippen LogP contribution in [0.2, 0.25) is 0 Å². The summed E-state index contributed by atoms with van der Waals surface area (Å²) < 4.78 is 28.1. The minimum Gasteiger partial charge on any atom is -0.479 e. The maximum absolute atomic E-state index is 13.0. The molecule has 3 N–H and O–H groups in total. The Morgan fingerprint density at radius 3 is 1.41 bits per heavy atom. The molecule has 0 radical (unpaired) electrons. The first-order valence-corrected chi connectivity index (χ1v) is 26.9. The Morgan fingerprint density at radius 1 is 0.479 bits per heavy atom. The molecule has 0 bridgehead atoms. The summed E-state index contributed by atoms with van der Waals surface area (Å²) in [7, 11) is 0. The van der Waals surface area contributed by atoms with Crippen molar-refractivity contribution in [2.75, 3.05) is 13.2 Å². The number of carboxylic acid groups (broad SMARTS) is 1. The fourth-order valence-electron chi connectivity index (χ4n) is 7.29. The average molecular weight is 993 g/mol. The predicted molar refractivity (Wildman–Crippen MR) is 284 cm³/mol. The molecule has 0 spiro atoms. The van der Waals surface area contributed by atoms with E-state index in [1.165, 1.54) is 25.7 Å². The number of rotatable bonds is 43. The smallest absolute Gasteiger partial charge is 0.335 e. The zero-order valence-electron chi connectivity index (χ0n) is 43.7. The van der Waals surface area contributed by atoms with Gasteiger partial charge in [0, 0.05) is 19.3 Å². The largest absolute Gasteiger partial charge is 0.479 e. The van der Waals surface area contributed by atoms with Crippen LogP contribution in [0.5, 0.6) is 0 Å². The van der Waals surface area contributed by atoms with Gasteiger partial charge < -0.3 is 39.0 Å². The van der Waals surface area contributed by atoms with Crippen LogP contribution in [0.25, 0.3) is 0 Å². The van der Waals surface area contributed by atoms with E-state index in [1.54, 1.807) is 0 Å². The highest BCUT2D eigenvalue weighted by Crippen LogP contribution is 2.26. The second-order valence-electron chi connectivity index (χ2n) is 17.8. The third-order valence-electron chi connectivity index (χ3n) is 11.4. The molecule has 0 aromatic carbocycles. The maximum atomic E-state index is 13.0. The molecule has 6 atom stereocenters. The number of carboxylic acids is 1. The average Bonchev–Trinajstić information content (AvgIpc) is 3.35. The van der Waals surface area contributed by atoms with Crippen LogP contribution in [-0.4, -0.2) is 89.2 Å². The lowest BCUT2D eigenvalue weighted by Gasteiger charge is -2.40. The highest BCUT2D eigenvalue weighted by Gasteiger charge is 2.50. The van der Waals surface area contributed by atoms with Gasteiger partial charge in [0.25, 0.3) is 0 Å². The molecule has 71 heavy (non-hydrogen) atoms. The van der Waals surface area contributed by atoms with Gasteiger partial charge in [-0.3, -0.25) is 14.4 Å². The molecule has 12 heteroatoms.